The first-order valence-electron chi connectivity index (χ1n) is 7.18. The van der Waals surface area contributed by atoms with Gasteiger partial charge < -0.3 is 14.8 Å². The van der Waals surface area contributed by atoms with Gasteiger partial charge in [-0.15, -0.1) is 0 Å². The molecule has 24 heavy (non-hydrogen) atoms. The second kappa shape index (κ2) is 7.11. The highest BCUT2D eigenvalue weighted by Crippen LogP contribution is 2.28. The predicted octanol–water partition coefficient (Wildman–Crippen LogP) is 4.57. The van der Waals surface area contributed by atoms with Crippen molar-refractivity contribution >= 4 is 39.9 Å². The Kier molecular flexibility index (Phi) is 4.92. The van der Waals surface area contributed by atoms with E-state index < -0.39 is 0 Å². The van der Waals surface area contributed by atoms with E-state index in [0.717, 1.165) is 22.2 Å². The Hall–Kier alpha value is -2.24. The molecule has 5 nitrogen and oxygen atoms in total. The van der Waals surface area contributed by atoms with Gasteiger partial charge in [-0.05, 0) is 47.5 Å². The summed E-state index contributed by atoms with van der Waals surface area (Å²) in [7, 11) is 3.20. The van der Waals surface area contributed by atoms with Gasteiger partial charge in [0.25, 0.3) is 0 Å². The summed E-state index contributed by atoms with van der Waals surface area (Å²) in [5.74, 6) is 2.00. The van der Waals surface area contributed by atoms with Crippen LogP contribution < -0.4 is 14.8 Å². The summed E-state index contributed by atoms with van der Waals surface area (Å²) >= 11 is 12.2. The summed E-state index contributed by atoms with van der Waals surface area (Å²) in [5, 5.41) is 4.84. The molecule has 3 rings (SSSR count). The molecule has 3 aromatic rings. The van der Waals surface area contributed by atoms with Crippen molar-refractivity contribution < 1.29 is 9.47 Å². The van der Waals surface area contributed by atoms with Crippen LogP contribution in [0.5, 0.6) is 11.5 Å². The highest BCUT2D eigenvalue weighted by molar-refractivity contribution is 6.32. The van der Waals surface area contributed by atoms with Crippen LogP contribution in [0.1, 0.15) is 5.56 Å². The number of benzene rings is 2. The molecular formula is C17H15Cl2N3O2. The molecule has 0 aliphatic carbocycles. The number of methoxy groups -OCH3 is 2. The van der Waals surface area contributed by atoms with E-state index in [0.29, 0.717) is 23.1 Å². The minimum Gasteiger partial charge on any atom is -0.497 e. The molecule has 0 amide bonds. The molecule has 0 spiro atoms. The zero-order valence-corrected chi connectivity index (χ0v) is 14.6. The van der Waals surface area contributed by atoms with E-state index in [4.69, 9.17) is 32.7 Å². The molecule has 0 fully saturated rings. The van der Waals surface area contributed by atoms with E-state index in [9.17, 15) is 0 Å². The summed E-state index contributed by atoms with van der Waals surface area (Å²) < 4.78 is 10.4. The van der Waals surface area contributed by atoms with Crippen molar-refractivity contribution in [2.45, 2.75) is 6.54 Å². The fourth-order valence-electron chi connectivity index (χ4n) is 2.35. The number of hydrogen-bond donors (Lipinski definition) is 1. The third-order valence-corrected chi connectivity index (χ3v) is 4.02. The van der Waals surface area contributed by atoms with E-state index in [1.807, 2.05) is 36.4 Å². The summed E-state index contributed by atoms with van der Waals surface area (Å²) in [6, 6.07) is 11.2. The lowest BCUT2D eigenvalue weighted by Crippen LogP contribution is -2.03. The van der Waals surface area contributed by atoms with Crippen LogP contribution in [-0.2, 0) is 6.54 Å². The summed E-state index contributed by atoms with van der Waals surface area (Å²) in [6.07, 6.45) is 0. The Morgan fingerprint density at radius 3 is 2.54 bits per heavy atom. The normalized spacial score (nSPS) is 10.7. The molecular weight excluding hydrogens is 349 g/mol. The van der Waals surface area contributed by atoms with Gasteiger partial charge in [0, 0.05) is 11.9 Å². The van der Waals surface area contributed by atoms with Crippen molar-refractivity contribution in [2.24, 2.45) is 0 Å². The summed E-state index contributed by atoms with van der Waals surface area (Å²) in [5.41, 5.74) is 1.73. The van der Waals surface area contributed by atoms with E-state index >= 15 is 0 Å². The van der Waals surface area contributed by atoms with Gasteiger partial charge in [0.1, 0.15) is 17.3 Å². The topological polar surface area (TPSA) is 56.3 Å². The second-order valence-corrected chi connectivity index (χ2v) is 5.79. The molecule has 2 aromatic carbocycles. The van der Waals surface area contributed by atoms with Gasteiger partial charge in [0.2, 0.25) is 5.28 Å². The zero-order chi connectivity index (χ0) is 17.1. The molecule has 1 N–H and O–H groups in total. The van der Waals surface area contributed by atoms with Gasteiger partial charge in [-0.25, -0.2) is 9.97 Å². The first-order valence-corrected chi connectivity index (χ1v) is 7.94. The van der Waals surface area contributed by atoms with Crippen LogP contribution in [0, 0.1) is 0 Å². The number of nitrogens with zero attached hydrogens (tertiary/aromatic N) is 2. The van der Waals surface area contributed by atoms with Crippen LogP contribution in [0.4, 0.5) is 5.82 Å². The Morgan fingerprint density at radius 2 is 1.83 bits per heavy atom. The molecule has 1 aromatic heterocycles. The second-order valence-electron chi connectivity index (χ2n) is 5.05. The number of nitrogens with one attached hydrogen (secondary N) is 1. The molecule has 124 valence electrons. The number of rotatable bonds is 5. The lowest BCUT2D eigenvalue weighted by Gasteiger charge is -2.11. The quantitative estimate of drug-likeness (QED) is 0.673. The molecule has 0 saturated heterocycles. The molecule has 0 radical (unpaired) electrons. The highest BCUT2D eigenvalue weighted by Gasteiger charge is 2.09. The fourth-order valence-corrected chi connectivity index (χ4v) is 2.80. The number of fused-ring (bicyclic) bond motifs is 1. The average molecular weight is 364 g/mol. The Morgan fingerprint density at radius 1 is 1.00 bits per heavy atom. The minimum absolute atomic E-state index is 0.183. The third-order valence-electron chi connectivity index (χ3n) is 3.55. The number of ether oxygens (including phenoxy) is 2. The molecule has 0 saturated carbocycles. The van der Waals surface area contributed by atoms with Crippen LogP contribution in [0.25, 0.3) is 10.9 Å². The number of hydrogen-bond acceptors (Lipinski definition) is 5. The van der Waals surface area contributed by atoms with Crippen LogP contribution in [0.3, 0.4) is 0 Å². The number of aromatic nitrogens is 2. The first-order chi connectivity index (χ1) is 11.6. The maximum atomic E-state index is 6.16. The van der Waals surface area contributed by atoms with Crippen LogP contribution in [-0.4, -0.2) is 24.2 Å². The van der Waals surface area contributed by atoms with Crippen LogP contribution >= 0.6 is 23.2 Å². The molecule has 1 heterocycles. The lowest BCUT2D eigenvalue weighted by molar-refractivity contribution is 0.415. The van der Waals surface area contributed by atoms with E-state index in [-0.39, 0.29) is 5.28 Å². The van der Waals surface area contributed by atoms with Gasteiger partial charge in [0.15, 0.2) is 0 Å². The molecule has 0 atom stereocenters. The maximum Gasteiger partial charge on any atom is 0.224 e. The van der Waals surface area contributed by atoms with Gasteiger partial charge in [-0.1, -0.05) is 17.7 Å². The molecule has 0 bridgehead atoms. The summed E-state index contributed by atoms with van der Waals surface area (Å²) in [4.78, 5) is 8.50. The standard InChI is InChI=1S/C17H15Cl2N3O2/c1-23-11-4-5-14-12(8-11)16(22-17(19)21-14)20-9-10-3-6-15(24-2)13(18)7-10/h3-8H,9H2,1-2H3,(H,20,21,22). The smallest absolute Gasteiger partial charge is 0.224 e. The maximum absolute atomic E-state index is 6.16. The van der Waals surface area contributed by atoms with Crippen molar-refractivity contribution in [3.63, 3.8) is 0 Å². The third kappa shape index (κ3) is 3.47. The van der Waals surface area contributed by atoms with Crippen molar-refractivity contribution in [3.8, 4) is 11.5 Å². The molecule has 7 heteroatoms. The highest BCUT2D eigenvalue weighted by atomic mass is 35.5. The largest absolute Gasteiger partial charge is 0.497 e. The molecule has 0 aliphatic rings. The summed E-state index contributed by atoms with van der Waals surface area (Å²) in [6.45, 7) is 0.531. The monoisotopic (exact) mass is 363 g/mol. The van der Waals surface area contributed by atoms with E-state index in [1.165, 1.54) is 0 Å². The van der Waals surface area contributed by atoms with Crippen LogP contribution in [0.2, 0.25) is 10.3 Å². The average Bonchev–Trinajstić information content (AvgIpc) is 2.59. The van der Waals surface area contributed by atoms with Gasteiger partial charge in [-0.2, -0.15) is 0 Å². The number of halogens is 2. The molecule has 0 unspecified atom stereocenters. The SMILES string of the molecule is COc1ccc2nc(Cl)nc(NCc3ccc(OC)c(Cl)c3)c2c1. The Bertz CT molecular complexity index is 887. The Balaban J connectivity index is 1.90. The fraction of sp³-hybridized carbons (Fsp3) is 0.176. The predicted molar refractivity (Wildman–Crippen MR) is 96.4 cm³/mol. The Labute approximate surface area is 149 Å². The van der Waals surface area contributed by atoms with Crippen molar-refractivity contribution in [2.75, 3.05) is 19.5 Å². The van der Waals surface area contributed by atoms with Gasteiger partial charge in [0.05, 0.1) is 24.8 Å². The van der Waals surface area contributed by atoms with E-state index in [2.05, 4.69) is 15.3 Å². The van der Waals surface area contributed by atoms with Gasteiger partial charge >= 0.3 is 0 Å². The number of anilines is 1. The van der Waals surface area contributed by atoms with Crippen molar-refractivity contribution in [1.82, 2.24) is 9.97 Å². The van der Waals surface area contributed by atoms with E-state index in [1.54, 1.807) is 14.2 Å². The van der Waals surface area contributed by atoms with Crippen molar-refractivity contribution in [1.29, 1.82) is 0 Å². The van der Waals surface area contributed by atoms with Crippen LogP contribution in [0.15, 0.2) is 36.4 Å². The zero-order valence-electron chi connectivity index (χ0n) is 13.1. The molecule has 0 aliphatic heterocycles. The minimum atomic E-state index is 0.183. The lowest BCUT2D eigenvalue weighted by atomic mass is 10.2. The van der Waals surface area contributed by atoms with Gasteiger partial charge in [-0.3, -0.25) is 0 Å². The first kappa shape index (κ1) is 16.6. The van der Waals surface area contributed by atoms with Crippen molar-refractivity contribution in [3.05, 3.63) is 52.3 Å².